The Labute approximate surface area is 66.8 Å². The van der Waals surface area contributed by atoms with Gasteiger partial charge in [-0.2, -0.15) is 4.21 Å². The Morgan fingerprint density at radius 1 is 1.36 bits per heavy atom. The second-order valence-corrected chi connectivity index (χ2v) is 3.01. The zero-order valence-electron chi connectivity index (χ0n) is 5.87. The molecular formula is C7H6O3S. The minimum atomic E-state index is -1.63. The Kier molecular flexibility index (Phi) is 1.35. The molecule has 58 valence electrons. The number of hydrogen-bond acceptors (Lipinski definition) is 3. The van der Waals surface area contributed by atoms with E-state index in [4.69, 9.17) is 8.37 Å². The van der Waals surface area contributed by atoms with E-state index in [1.807, 2.05) is 19.1 Å². The lowest BCUT2D eigenvalue weighted by atomic mass is 10.2. The molecule has 4 heteroatoms. The molecule has 0 bridgehead atoms. The maximum Gasteiger partial charge on any atom is 0.417 e. The SMILES string of the molecule is Cc1cccc2c1OS(=O)O2. The fourth-order valence-electron chi connectivity index (χ4n) is 0.956. The Morgan fingerprint density at radius 2 is 2.18 bits per heavy atom. The summed E-state index contributed by atoms with van der Waals surface area (Å²) in [5.41, 5.74) is 0.938. The van der Waals surface area contributed by atoms with Crippen molar-refractivity contribution in [2.75, 3.05) is 0 Å². The molecule has 1 aliphatic heterocycles. The Bertz CT molecular complexity index is 321. The number of aryl methyl sites for hydroxylation is 1. The summed E-state index contributed by atoms with van der Waals surface area (Å²) in [4.78, 5) is 0. The van der Waals surface area contributed by atoms with Gasteiger partial charge >= 0.3 is 11.4 Å². The van der Waals surface area contributed by atoms with Crippen LogP contribution in [0, 0.1) is 6.92 Å². The van der Waals surface area contributed by atoms with E-state index in [0.717, 1.165) is 5.56 Å². The normalized spacial score (nSPS) is 20.3. The van der Waals surface area contributed by atoms with Crippen LogP contribution in [0.25, 0.3) is 0 Å². The molecule has 1 atom stereocenters. The van der Waals surface area contributed by atoms with Gasteiger partial charge in [0.15, 0.2) is 11.5 Å². The molecule has 0 spiro atoms. The van der Waals surface area contributed by atoms with E-state index in [-0.39, 0.29) is 0 Å². The first-order chi connectivity index (χ1) is 5.27. The Morgan fingerprint density at radius 3 is 2.91 bits per heavy atom. The maximum absolute atomic E-state index is 10.7. The molecule has 1 heterocycles. The van der Waals surface area contributed by atoms with E-state index in [0.29, 0.717) is 11.5 Å². The fraction of sp³-hybridized carbons (Fsp3) is 0.143. The molecule has 0 fully saturated rings. The van der Waals surface area contributed by atoms with E-state index in [9.17, 15) is 4.21 Å². The highest BCUT2D eigenvalue weighted by molar-refractivity contribution is 7.76. The van der Waals surface area contributed by atoms with Gasteiger partial charge in [-0.15, -0.1) is 0 Å². The average molecular weight is 170 g/mol. The van der Waals surface area contributed by atoms with Crippen molar-refractivity contribution in [3.8, 4) is 11.5 Å². The summed E-state index contributed by atoms with van der Waals surface area (Å²) in [5.74, 6) is 1.15. The van der Waals surface area contributed by atoms with Crippen molar-refractivity contribution in [3.05, 3.63) is 23.8 Å². The van der Waals surface area contributed by atoms with Crippen LogP contribution in [-0.4, -0.2) is 4.21 Å². The van der Waals surface area contributed by atoms with Gasteiger partial charge < -0.3 is 8.37 Å². The van der Waals surface area contributed by atoms with Crippen molar-refractivity contribution >= 4 is 11.4 Å². The van der Waals surface area contributed by atoms with E-state index >= 15 is 0 Å². The van der Waals surface area contributed by atoms with Crippen LogP contribution in [0.15, 0.2) is 18.2 Å². The summed E-state index contributed by atoms with van der Waals surface area (Å²) in [7, 11) is 0. The minimum absolute atomic E-state index is 0.559. The van der Waals surface area contributed by atoms with Crippen LogP contribution in [0.4, 0.5) is 0 Å². The minimum Gasteiger partial charge on any atom is -0.367 e. The fourth-order valence-corrected chi connectivity index (χ4v) is 1.62. The average Bonchev–Trinajstić information content (AvgIpc) is 2.31. The quantitative estimate of drug-likeness (QED) is 0.589. The summed E-state index contributed by atoms with van der Waals surface area (Å²) in [5, 5.41) is 0. The van der Waals surface area contributed by atoms with Gasteiger partial charge in [-0.25, -0.2) is 0 Å². The summed E-state index contributed by atoms with van der Waals surface area (Å²) < 4.78 is 20.4. The van der Waals surface area contributed by atoms with E-state index in [1.165, 1.54) is 0 Å². The third kappa shape index (κ3) is 0.991. The zero-order valence-corrected chi connectivity index (χ0v) is 6.68. The van der Waals surface area contributed by atoms with Gasteiger partial charge in [0, 0.05) is 0 Å². The number of para-hydroxylation sites is 1. The molecule has 0 saturated heterocycles. The highest BCUT2D eigenvalue weighted by Gasteiger charge is 2.22. The van der Waals surface area contributed by atoms with Crippen LogP contribution < -0.4 is 8.37 Å². The van der Waals surface area contributed by atoms with Crippen molar-refractivity contribution < 1.29 is 12.6 Å². The third-order valence-electron chi connectivity index (χ3n) is 1.48. The Hall–Kier alpha value is -1.03. The Balaban J connectivity index is 2.57. The molecule has 1 unspecified atom stereocenters. The standard InChI is InChI=1S/C7H6O3S/c1-5-3-2-4-6-7(5)10-11(8)9-6/h2-4H,1H3. The molecule has 11 heavy (non-hydrogen) atoms. The lowest BCUT2D eigenvalue weighted by Gasteiger charge is -1.94. The first-order valence-corrected chi connectivity index (χ1v) is 4.15. The summed E-state index contributed by atoms with van der Waals surface area (Å²) in [6, 6.07) is 5.44. The molecule has 1 aromatic carbocycles. The van der Waals surface area contributed by atoms with Crippen molar-refractivity contribution in [2.45, 2.75) is 6.92 Å². The largest absolute Gasteiger partial charge is 0.417 e. The first kappa shape index (κ1) is 6.67. The molecule has 0 aromatic heterocycles. The second kappa shape index (κ2) is 2.23. The molecular weight excluding hydrogens is 164 g/mol. The van der Waals surface area contributed by atoms with E-state index < -0.39 is 11.4 Å². The maximum atomic E-state index is 10.7. The summed E-state index contributed by atoms with van der Waals surface area (Å²) >= 11 is -1.63. The highest BCUT2D eigenvalue weighted by atomic mass is 32.2. The van der Waals surface area contributed by atoms with Gasteiger partial charge in [0.2, 0.25) is 0 Å². The monoisotopic (exact) mass is 170 g/mol. The highest BCUT2D eigenvalue weighted by Crippen LogP contribution is 2.36. The van der Waals surface area contributed by atoms with Crippen LogP contribution in [0.3, 0.4) is 0 Å². The molecule has 0 amide bonds. The van der Waals surface area contributed by atoms with Crippen molar-refractivity contribution in [1.82, 2.24) is 0 Å². The predicted molar refractivity (Wildman–Crippen MR) is 40.6 cm³/mol. The van der Waals surface area contributed by atoms with Crippen LogP contribution in [0.5, 0.6) is 11.5 Å². The summed E-state index contributed by atoms with van der Waals surface area (Å²) in [6.07, 6.45) is 0. The van der Waals surface area contributed by atoms with Crippen LogP contribution in [0.1, 0.15) is 5.56 Å². The van der Waals surface area contributed by atoms with Gasteiger partial charge in [0.1, 0.15) is 0 Å². The third-order valence-corrected chi connectivity index (χ3v) is 2.10. The van der Waals surface area contributed by atoms with E-state index in [2.05, 4.69) is 0 Å². The molecule has 1 aliphatic rings. The molecule has 0 N–H and O–H groups in total. The van der Waals surface area contributed by atoms with Gasteiger partial charge in [0.25, 0.3) is 0 Å². The molecule has 2 rings (SSSR count). The number of rotatable bonds is 0. The second-order valence-electron chi connectivity index (χ2n) is 2.27. The van der Waals surface area contributed by atoms with Gasteiger partial charge in [0.05, 0.1) is 0 Å². The zero-order chi connectivity index (χ0) is 7.84. The number of benzene rings is 1. The first-order valence-electron chi connectivity index (χ1n) is 3.15. The van der Waals surface area contributed by atoms with E-state index in [1.54, 1.807) is 6.07 Å². The van der Waals surface area contributed by atoms with Gasteiger partial charge in [-0.3, -0.25) is 0 Å². The summed E-state index contributed by atoms with van der Waals surface area (Å²) in [6.45, 7) is 1.88. The lowest BCUT2D eigenvalue weighted by Crippen LogP contribution is -1.97. The smallest absolute Gasteiger partial charge is 0.367 e. The molecule has 3 nitrogen and oxygen atoms in total. The van der Waals surface area contributed by atoms with Crippen molar-refractivity contribution in [3.63, 3.8) is 0 Å². The van der Waals surface area contributed by atoms with Gasteiger partial charge in [-0.1, -0.05) is 12.1 Å². The van der Waals surface area contributed by atoms with Gasteiger partial charge in [-0.05, 0) is 18.6 Å². The van der Waals surface area contributed by atoms with Crippen molar-refractivity contribution in [1.29, 1.82) is 0 Å². The number of fused-ring (bicyclic) bond motifs is 1. The van der Waals surface area contributed by atoms with Crippen molar-refractivity contribution in [2.24, 2.45) is 0 Å². The topological polar surface area (TPSA) is 35.5 Å². The molecule has 0 saturated carbocycles. The lowest BCUT2D eigenvalue weighted by molar-refractivity contribution is 0.519. The van der Waals surface area contributed by atoms with Crippen LogP contribution in [-0.2, 0) is 11.4 Å². The molecule has 0 aliphatic carbocycles. The number of hydrogen-bond donors (Lipinski definition) is 0. The predicted octanol–water partition coefficient (Wildman–Crippen LogP) is 1.34. The molecule has 0 radical (unpaired) electrons. The van der Waals surface area contributed by atoms with Crippen LogP contribution >= 0.6 is 0 Å². The van der Waals surface area contributed by atoms with Crippen LogP contribution in [0.2, 0.25) is 0 Å². The molecule has 1 aromatic rings.